The second kappa shape index (κ2) is 12.0. The van der Waals surface area contributed by atoms with E-state index in [9.17, 15) is 4.79 Å². The van der Waals surface area contributed by atoms with Crippen LogP contribution in [0.2, 0.25) is 10.0 Å². The number of hydrogen-bond acceptors (Lipinski definition) is 4. The lowest BCUT2D eigenvalue weighted by Gasteiger charge is -2.33. The number of methoxy groups -OCH3 is 1. The number of likely N-dealkylation sites (N-methyl/N-ethyl adjacent to an activating group) is 2. The van der Waals surface area contributed by atoms with Crippen molar-refractivity contribution >= 4 is 34.8 Å². The topological polar surface area (TPSA) is 36.0 Å². The second-order valence-electron chi connectivity index (χ2n) is 9.30. The monoisotopic (exact) mass is 525 g/mol. The van der Waals surface area contributed by atoms with Gasteiger partial charge in [0.1, 0.15) is 5.75 Å². The molecule has 4 rings (SSSR count). The van der Waals surface area contributed by atoms with E-state index in [0.29, 0.717) is 10.0 Å². The molecule has 1 heterocycles. The van der Waals surface area contributed by atoms with Crippen molar-refractivity contribution in [3.8, 4) is 16.9 Å². The molecule has 0 bridgehead atoms. The zero-order valence-corrected chi connectivity index (χ0v) is 22.6. The van der Waals surface area contributed by atoms with E-state index in [4.69, 9.17) is 27.9 Å². The first-order valence-corrected chi connectivity index (χ1v) is 13.0. The van der Waals surface area contributed by atoms with E-state index in [2.05, 4.69) is 35.2 Å². The molecule has 1 atom stereocenters. The second-order valence-corrected chi connectivity index (χ2v) is 10.1. The highest BCUT2D eigenvalue weighted by Gasteiger charge is 2.26. The average molecular weight is 527 g/mol. The number of ether oxygens (including phenoxy) is 1. The molecule has 0 aliphatic carbocycles. The van der Waals surface area contributed by atoms with Crippen LogP contribution in [0.5, 0.6) is 5.75 Å². The van der Waals surface area contributed by atoms with Crippen LogP contribution in [0.25, 0.3) is 11.1 Å². The molecule has 0 N–H and O–H groups in total. The van der Waals surface area contributed by atoms with Gasteiger partial charge in [0.2, 0.25) is 5.91 Å². The first-order valence-electron chi connectivity index (χ1n) is 12.2. The summed E-state index contributed by atoms with van der Waals surface area (Å²) < 4.78 is 5.54. The number of para-hydroxylation sites is 1. The Balaban J connectivity index is 1.54. The number of carbonyl (C=O) groups excluding carboxylic acids is 1. The zero-order valence-electron chi connectivity index (χ0n) is 21.1. The highest BCUT2D eigenvalue weighted by molar-refractivity contribution is 6.42. The summed E-state index contributed by atoms with van der Waals surface area (Å²) in [7, 11) is 5.48. The minimum atomic E-state index is -0.0514. The number of benzene rings is 3. The molecule has 7 heteroatoms. The van der Waals surface area contributed by atoms with Crippen LogP contribution in [0.15, 0.2) is 66.7 Å². The van der Waals surface area contributed by atoms with Gasteiger partial charge in [0.05, 0.1) is 29.7 Å². The average Bonchev–Trinajstić information content (AvgIpc) is 3.42. The molecule has 0 spiro atoms. The highest BCUT2D eigenvalue weighted by Crippen LogP contribution is 2.32. The summed E-state index contributed by atoms with van der Waals surface area (Å²) in [5.41, 5.74) is 4.11. The maximum atomic E-state index is 13.4. The van der Waals surface area contributed by atoms with E-state index < -0.39 is 0 Å². The third-order valence-corrected chi connectivity index (χ3v) is 7.66. The Kier molecular flexibility index (Phi) is 8.78. The molecule has 0 saturated carbocycles. The number of hydrogen-bond donors (Lipinski definition) is 0. The van der Waals surface area contributed by atoms with Crippen molar-refractivity contribution < 1.29 is 9.53 Å². The molecule has 3 aromatic carbocycles. The van der Waals surface area contributed by atoms with Gasteiger partial charge < -0.3 is 19.4 Å². The molecular formula is C29H33Cl2N3O2. The van der Waals surface area contributed by atoms with Crippen molar-refractivity contribution in [3.05, 3.63) is 82.3 Å². The van der Waals surface area contributed by atoms with Gasteiger partial charge in [-0.25, -0.2) is 0 Å². The predicted octanol–water partition coefficient (Wildman–Crippen LogP) is 6.40. The van der Waals surface area contributed by atoms with Crippen LogP contribution in [0, 0.1) is 0 Å². The van der Waals surface area contributed by atoms with E-state index in [1.54, 1.807) is 19.2 Å². The molecule has 1 aliphatic rings. The molecule has 3 aromatic rings. The fourth-order valence-electron chi connectivity index (χ4n) is 4.73. The lowest BCUT2D eigenvalue weighted by molar-refractivity contribution is -0.131. The number of rotatable bonds is 9. The molecule has 1 amide bonds. The van der Waals surface area contributed by atoms with Gasteiger partial charge >= 0.3 is 0 Å². The highest BCUT2D eigenvalue weighted by atomic mass is 35.5. The van der Waals surface area contributed by atoms with Crippen LogP contribution >= 0.6 is 23.2 Å². The smallest absolute Gasteiger partial charge is 0.242 e. The molecule has 190 valence electrons. The molecule has 5 nitrogen and oxygen atoms in total. The van der Waals surface area contributed by atoms with Gasteiger partial charge in [0, 0.05) is 31.9 Å². The SMILES string of the molecule is COc1ccccc1-c1ccc(C(CN2CCCC2)N(C)C(=O)CN(C)c2ccc(Cl)c(Cl)c2)cc1. The van der Waals surface area contributed by atoms with E-state index in [-0.39, 0.29) is 18.5 Å². The van der Waals surface area contributed by atoms with Crippen LogP contribution in [0.4, 0.5) is 5.69 Å². The third-order valence-electron chi connectivity index (χ3n) is 6.92. The summed E-state index contributed by atoms with van der Waals surface area (Å²) >= 11 is 12.3. The predicted molar refractivity (Wildman–Crippen MR) is 149 cm³/mol. The summed E-state index contributed by atoms with van der Waals surface area (Å²) in [4.78, 5) is 19.7. The van der Waals surface area contributed by atoms with E-state index >= 15 is 0 Å². The minimum Gasteiger partial charge on any atom is -0.496 e. The van der Waals surface area contributed by atoms with Crippen LogP contribution in [-0.2, 0) is 4.79 Å². The number of amides is 1. The molecule has 1 aliphatic heterocycles. The Labute approximate surface area is 224 Å². The zero-order chi connectivity index (χ0) is 25.7. The van der Waals surface area contributed by atoms with Crippen molar-refractivity contribution in [1.29, 1.82) is 0 Å². The number of anilines is 1. The Morgan fingerprint density at radius 2 is 1.67 bits per heavy atom. The van der Waals surface area contributed by atoms with E-state index in [1.807, 2.05) is 48.2 Å². The summed E-state index contributed by atoms with van der Waals surface area (Å²) in [6.45, 7) is 3.19. The van der Waals surface area contributed by atoms with E-state index in [1.165, 1.54) is 12.8 Å². The van der Waals surface area contributed by atoms with Gasteiger partial charge in [-0.3, -0.25) is 4.79 Å². The molecule has 36 heavy (non-hydrogen) atoms. The van der Waals surface area contributed by atoms with Gasteiger partial charge in [0.25, 0.3) is 0 Å². The van der Waals surface area contributed by atoms with Crippen molar-refractivity contribution in [2.45, 2.75) is 18.9 Å². The molecule has 0 aromatic heterocycles. The summed E-state index contributed by atoms with van der Waals surface area (Å²) in [5, 5.41) is 0.975. The maximum absolute atomic E-state index is 13.4. The molecule has 0 radical (unpaired) electrons. The van der Waals surface area contributed by atoms with Crippen LogP contribution in [0.1, 0.15) is 24.4 Å². The lowest BCUT2D eigenvalue weighted by Crippen LogP contribution is -2.42. The van der Waals surface area contributed by atoms with Gasteiger partial charge in [0.15, 0.2) is 0 Å². The number of carbonyl (C=O) groups is 1. The first kappa shape index (κ1) is 26.3. The normalized spacial score (nSPS) is 14.5. The molecule has 1 fully saturated rings. The summed E-state index contributed by atoms with van der Waals surface area (Å²) in [5.74, 6) is 0.887. The van der Waals surface area contributed by atoms with Gasteiger partial charge in [-0.1, -0.05) is 65.7 Å². The van der Waals surface area contributed by atoms with Crippen LogP contribution in [0.3, 0.4) is 0 Å². The number of halogens is 2. The quantitative estimate of drug-likeness (QED) is 0.323. The fraction of sp³-hybridized carbons (Fsp3) is 0.345. The van der Waals surface area contributed by atoms with Crippen LogP contribution < -0.4 is 9.64 Å². The van der Waals surface area contributed by atoms with Crippen molar-refractivity contribution in [3.63, 3.8) is 0 Å². The van der Waals surface area contributed by atoms with Crippen molar-refractivity contribution in [2.24, 2.45) is 0 Å². The third kappa shape index (κ3) is 6.15. The minimum absolute atomic E-state index is 0.0431. The van der Waals surface area contributed by atoms with Gasteiger partial charge in [-0.05, 0) is 61.3 Å². The number of likely N-dealkylation sites (tertiary alicyclic amines) is 1. The molecule has 1 unspecified atom stereocenters. The first-order chi connectivity index (χ1) is 17.4. The maximum Gasteiger partial charge on any atom is 0.242 e. The summed E-state index contributed by atoms with van der Waals surface area (Å²) in [6, 6.07) is 21.9. The van der Waals surface area contributed by atoms with Crippen molar-refractivity contribution in [2.75, 3.05) is 52.3 Å². The Morgan fingerprint density at radius 3 is 2.33 bits per heavy atom. The summed E-state index contributed by atoms with van der Waals surface area (Å²) in [6.07, 6.45) is 2.41. The van der Waals surface area contributed by atoms with Crippen LogP contribution in [-0.4, -0.2) is 63.1 Å². The fourth-order valence-corrected chi connectivity index (χ4v) is 5.02. The van der Waals surface area contributed by atoms with Gasteiger partial charge in [-0.2, -0.15) is 0 Å². The lowest BCUT2D eigenvalue weighted by atomic mass is 9.99. The molecule has 1 saturated heterocycles. The standard InChI is InChI=1S/C29H33Cl2N3O2/c1-32(23-14-15-25(30)26(31)18-23)20-29(35)33(2)27(19-34-16-6-7-17-34)22-12-10-21(11-13-22)24-8-4-5-9-28(24)36-3/h4-5,8-15,18,27H,6-7,16-17,19-20H2,1-3H3. The largest absolute Gasteiger partial charge is 0.496 e. The van der Waals surface area contributed by atoms with Gasteiger partial charge in [-0.15, -0.1) is 0 Å². The number of nitrogens with zero attached hydrogens (tertiary/aromatic N) is 3. The Hall–Kier alpha value is -2.73. The Bertz CT molecular complexity index is 1180. The van der Waals surface area contributed by atoms with Crippen molar-refractivity contribution in [1.82, 2.24) is 9.80 Å². The Morgan fingerprint density at radius 1 is 0.972 bits per heavy atom. The molecular weight excluding hydrogens is 493 g/mol. The van der Waals surface area contributed by atoms with E-state index in [0.717, 1.165) is 47.8 Å².